The molecule has 5 heteroatoms. The van der Waals surface area contributed by atoms with Crippen LogP contribution in [0.1, 0.15) is 12.5 Å². The molecule has 0 atom stereocenters. The summed E-state index contributed by atoms with van der Waals surface area (Å²) >= 11 is 0. The molecule has 2 aromatic carbocycles. The largest absolute Gasteiger partial charge is 0.492 e. The fourth-order valence-electron chi connectivity index (χ4n) is 2.48. The summed E-state index contributed by atoms with van der Waals surface area (Å²) in [5.74, 6) is 0.564. The monoisotopic (exact) mass is 344 g/mol. The van der Waals surface area contributed by atoms with Gasteiger partial charge in [-0.05, 0) is 43.8 Å². The van der Waals surface area contributed by atoms with E-state index in [0.29, 0.717) is 32.8 Å². The Morgan fingerprint density at radius 2 is 1.88 bits per heavy atom. The van der Waals surface area contributed by atoms with E-state index in [1.54, 1.807) is 11.0 Å². The maximum atomic E-state index is 13.3. The molecule has 4 nitrogen and oxygen atoms in total. The van der Waals surface area contributed by atoms with Crippen molar-refractivity contribution in [2.45, 2.75) is 13.5 Å². The number of ether oxygens (including phenoxy) is 1. The van der Waals surface area contributed by atoms with Gasteiger partial charge in [-0.15, -0.1) is 0 Å². The van der Waals surface area contributed by atoms with E-state index in [4.69, 9.17) is 4.74 Å². The van der Waals surface area contributed by atoms with Crippen molar-refractivity contribution in [3.8, 4) is 5.75 Å². The van der Waals surface area contributed by atoms with Gasteiger partial charge in [-0.3, -0.25) is 9.69 Å². The van der Waals surface area contributed by atoms with Crippen molar-refractivity contribution in [1.29, 1.82) is 0 Å². The van der Waals surface area contributed by atoms with E-state index in [-0.39, 0.29) is 11.7 Å². The van der Waals surface area contributed by atoms with Crippen molar-refractivity contribution < 1.29 is 13.9 Å². The lowest BCUT2D eigenvalue weighted by Crippen LogP contribution is -2.39. The van der Waals surface area contributed by atoms with Crippen molar-refractivity contribution >= 4 is 5.91 Å². The number of carbonyl (C=O) groups is 1. The van der Waals surface area contributed by atoms with Crippen LogP contribution >= 0.6 is 0 Å². The Hall–Kier alpha value is -2.40. The second-order valence-corrected chi connectivity index (χ2v) is 5.94. The first-order valence-electron chi connectivity index (χ1n) is 8.47. The Bertz CT molecular complexity index is 664. The number of nitrogens with zero attached hydrogens (tertiary/aromatic N) is 2. The number of halogens is 1. The van der Waals surface area contributed by atoms with Crippen molar-refractivity contribution in [3.05, 3.63) is 66.0 Å². The smallest absolute Gasteiger partial charge is 0.237 e. The Morgan fingerprint density at radius 1 is 1.12 bits per heavy atom. The molecule has 0 saturated heterocycles. The first-order valence-corrected chi connectivity index (χ1v) is 8.47. The van der Waals surface area contributed by atoms with Gasteiger partial charge < -0.3 is 9.64 Å². The number of amides is 1. The molecule has 25 heavy (non-hydrogen) atoms. The molecule has 0 radical (unpaired) electrons. The summed E-state index contributed by atoms with van der Waals surface area (Å²) < 4.78 is 18.9. The summed E-state index contributed by atoms with van der Waals surface area (Å²) in [6.45, 7) is 4.41. The summed E-state index contributed by atoms with van der Waals surface area (Å²) in [5, 5.41) is 0. The molecular formula is C20H25FN2O2. The molecule has 0 aliphatic rings. The predicted octanol–water partition coefficient (Wildman–Crippen LogP) is 3.19. The minimum atomic E-state index is -0.281. The van der Waals surface area contributed by atoms with Crippen LogP contribution in [0.3, 0.4) is 0 Å². The molecule has 0 bridgehead atoms. The number of hydrogen-bond acceptors (Lipinski definition) is 3. The third-order valence-corrected chi connectivity index (χ3v) is 3.89. The van der Waals surface area contributed by atoms with E-state index in [2.05, 4.69) is 0 Å². The number of benzene rings is 2. The summed E-state index contributed by atoms with van der Waals surface area (Å²) in [4.78, 5) is 16.1. The third-order valence-electron chi connectivity index (χ3n) is 3.89. The molecule has 0 N–H and O–H groups in total. The number of hydrogen-bond donors (Lipinski definition) is 0. The number of para-hydroxylation sites is 1. The third kappa shape index (κ3) is 6.55. The van der Waals surface area contributed by atoms with Crippen molar-refractivity contribution in [2.24, 2.45) is 0 Å². The van der Waals surface area contributed by atoms with Crippen LogP contribution in [0.2, 0.25) is 0 Å². The number of likely N-dealkylation sites (N-methyl/N-ethyl adjacent to an activating group) is 2. The van der Waals surface area contributed by atoms with E-state index in [1.807, 2.05) is 55.3 Å². The van der Waals surface area contributed by atoms with E-state index in [9.17, 15) is 9.18 Å². The van der Waals surface area contributed by atoms with Gasteiger partial charge in [-0.2, -0.15) is 0 Å². The number of rotatable bonds is 9. The van der Waals surface area contributed by atoms with Crippen molar-refractivity contribution in [1.82, 2.24) is 9.80 Å². The average Bonchev–Trinajstić information content (AvgIpc) is 2.60. The summed E-state index contributed by atoms with van der Waals surface area (Å²) in [5.41, 5.74) is 0.797. The summed E-state index contributed by atoms with van der Waals surface area (Å²) in [6.07, 6.45) is 0. The molecule has 0 saturated carbocycles. The maximum Gasteiger partial charge on any atom is 0.237 e. The van der Waals surface area contributed by atoms with Crippen LogP contribution in [-0.2, 0) is 11.3 Å². The van der Waals surface area contributed by atoms with Crippen LogP contribution in [0, 0.1) is 5.82 Å². The highest BCUT2D eigenvalue weighted by Gasteiger charge is 2.14. The molecule has 0 aliphatic heterocycles. The standard InChI is InChI=1S/C20H25FN2O2/c1-3-23(15-17-8-7-9-18(21)14-17)20(24)16-22(2)12-13-25-19-10-5-4-6-11-19/h4-11,14H,3,12-13,15-16H2,1-2H3. The molecule has 2 aromatic rings. The molecule has 0 spiro atoms. The zero-order valence-corrected chi connectivity index (χ0v) is 14.8. The van der Waals surface area contributed by atoms with Gasteiger partial charge in [0.2, 0.25) is 5.91 Å². The molecule has 0 aliphatic carbocycles. The first-order chi connectivity index (χ1) is 12.1. The highest BCUT2D eigenvalue weighted by Crippen LogP contribution is 2.09. The van der Waals surface area contributed by atoms with Crippen LogP contribution in [0.5, 0.6) is 5.75 Å². The van der Waals surface area contributed by atoms with Crippen LogP contribution in [0.15, 0.2) is 54.6 Å². The van der Waals surface area contributed by atoms with Gasteiger partial charge >= 0.3 is 0 Å². The first kappa shape index (κ1) is 18.9. The normalized spacial score (nSPS) is 10.7. The lowest BCUT2D eigenvalue weighted by Gasteiger charge is -2.24. The molecule has 2 rings (SSSR count). The summed E-state index contributed by atoms with van der Waals surface area (Å²) in [7, 11) is 1.89. The molecule has 0 heterocycles. The fourth-order valence-corrected chi connectivity index (χ4v) is 2.48. The molecule has 1 amide bonds. The second-order valence-electron chi connectivity index (χ2n) is 5.94. The Kier molecular flexibility index (Phi) is 7.41. The topological polar surface area (TPSA) is 32.8 Å². The van der Waals surface area contributed by atoms with E-state index in [1.165, 1.54) is 12.1 Å². The van der Waals surface area contributed by atoms with Gasteiger partial charge in [0.25, 0.3) is 0 Å². The zero-order valence-electron chi connectivity index (χ0n) is 14.8. The molecule has 0 aromatic heterocycles. The zero-order chi connectivity index (χ0) is 18.1. The Balaban J connectivity index is 1.78. The second kappa shape index (κ2) is 9.79. The minimum Gasteiger partial charge on any atom is -0.492 e. The Morgan fingerprint density at radius 3 is 2.56 bits per heavy atom. The lowest BCUT2D eigenvalue weighted by atomic mass is 10.2. The maximum absolute atomic E-state index is 13.3. The lowest BCUT2D eigenvalue weighted by molar-refractivity contribution is -0.132. The summed E-state index contributed by atoms with van der Waals surface area (Å²) in [6, 6.07) is 16.0. The van der Waals surface area contributed by atoms with Crippen LogP contribution in [0.25, 0.3) is 0 Å². The molecule has 134 valence electrons. The average molecular weight is 344 g/mol. The highest BCUT2D eigenvalue weighted by molar-refractivity contribution is 5.78. The quantitative estimate of drug-likeness (QED) is 0.700. The Labute approximate surface area is 148 Å². The van der Waals surface area contributed by atoms with Crippen LogP contribution < -0.4 is 4.74 Å². The van der Waals surface area contributed by atoms with Gasteiger partial charge in [-0.25, -0.2) is 4.39 Å². The predicted molar refractivity (Wildman–Crippen MR) is 96.9 cm³/mol. The minimum absolute atomic E-state index is 0.0222. The molecule has 0 unspecified atom stereocenters. The van der Waals surface area contributed by atoms with E-state index in [0.717, 1.165) is 11.3 Å². The number of carbonyl (C=O) groups excluding carboxylic acids is 1. The molecular weight excluding hydrogens is 319 g/mol. The SMILES string of the molecule is CCN(Cc1cccc(F)c1)C(=O)CN(C)CCOc1ccccc1. The van der Waals surface area contributed by atoms with Crippen LogP contribution in [0.4, 0.5) is 4.39 Å². The molecule has 0 fully saturated rings. The van der Waals surface area contributed by atoms with Crippen LogP contribution in [-0.4, -0.2) is 49.0 Å². The van der Waals surface area contributed by atoms with Gasteiger partial charge in [0.15, 0.2) is 0 Å². The van der Waals surface area contributed by atoms with Crippen molar-refractivity contribution in [2.75, 3.05) is 33.3 Å². The van der Waals surface area contributed by atoms with E-state index < -0.39 is 0 Å². The van der Waals surface area contributed by atoms with Gasteiger partial charge in [-0.1, -0.05) is 30.3 Å². The highest BCUT2D eigenvalue weighted by atomic mass is 19.1. The van der Waals surface area contributed by atoms with Crippen molar-refractivity contribution in [3.63, 3.8) is 0 Å². The van der Waals surface area contributed by atoms with Gasteiger partial charge in [0.05, 0.1) is 6.54 Å². The fraction of sp³-hybridized carbons (Fsp3) is 0.350. The van der Waals surface area contributed by atoms with E-state index >= 15 is 0 Å². The van der Waals surface area contributed by atoms with Gasteiger partial charge in [0, 0.05) is 19.6 Å². The van der Waals surface area contributed by atoms with Gasteiger partial charge in [0.1, 0.15) is 18.2 Å².